The average molecular weight is 489 g/mol. The standard InChI is InChI=1S/C21H35N3O2.HI/c1-6-22-19(24-20(3,4)5)23-16-21(12-14-25-15-13-21)17-8-10-18(11-9-17)26-7-2;/h8-11H,6-7,12-16H2,1-5H3,(H2,22,23,24);1H. The highest BCUT2D eigenvalue weighted by Crippen LogP contribution is 2.36. The molecule has 0 bridgehead atoms. The van der Waals surface area contributed by atoms with Crippen molar-refractivity contribution < 1.29 is 9.47 Å². The number of nitrogens with zero attached hydrogens (tertiary/aromatic N) is 1. The minimum Gasteiger partial charge on any atom is -0.494 e. The van der Waals surface area contributed by atoms with E-state index in [4.69, 9.17) is 14.5 Å². The van der Waals surface area contributed by atoms with Crippen LogP contribution in [0.2, 0.25) is 0 Å². The van der Waals surface area contributed by atoms with Gasteiger partial charge in [0, 0.05) is 30.7 Å². The van der Waals surface area contributed by atoms with E-state index in [-0.39, 0.29) is 34.9 Å². The van der Waals surface area contributed by atoms with E-state index in [2.05, 4.69) is 62.6 Å². The van der Waals surface area contributed by atoms with Crippen LogP contribution in [0.5, 0.6) is 5.75 Å². The highest BCUT2D eigenvalue weighted by atomic mass is 127. The summed E-state index contributed by atoms with van der Waals surface area (Å²) in [5, 5.41) is 6.84. The fourth-order valence-electron chi connectivity index (χ4n) is 3.26. The maximum Gasteiger partial charge on any atom is 0.191 e. The molecule has 0 amide bonds. The summed E-state index contributed by atoms with van der Waals surface area (Å²) < 4.78 is 11.2. The molecule has 0 spiro atoms. The van der Waals surface area contributed by atoms with Crippen LogP contribution in [-0.2, 0) is 10.2 Å². The monoisotopic (exact) mass is 489 g/mol. The van der Waals surface area contributed by atoms with E-state index in [9.17, 15) is 0 Å². The van der Waals surface area contributed by atoms with Gasteiger partial charge in [-0.05, 0) is 65.2 Å². The van der Waals surface area contributed by atoms with Crippen molar-refractivity contribution in [3.63, 3.8) is 0 Å². The van der Waals surface area contributed by atoms with Crippen LogP contribution in [0.25, 0.3) is 0 Å². The molecule has 0 unspecified atom stereocenters. The molecule has 0 aliphatic carbocycles. The molecule has 1 aromatic carbocycles. The summed E-state index contributed by atoms with van der Waals surface area (Å²) in [6, 6.07) is 8.52. The lowest BCUT2D eigenvalue weighted by Crippen LogP contribution is -2.48. The van der Waals surface area contributed by atoms with Crippen LogP contribution in [0.3, 0.4) is 0 Å². The van der Waals surface area contributed by atoms with Crippen molar-refractivity contribution in [1.29, 1.82) is 0 Å². The molecule has 1 heterocycles. The number of guanidine groups is 1. The van der Waals surface area contributed by atoms with Crippen LogP contribution in [0.1, 0.15) is 53.0 Å². The maximum absolute atomic E-state index is 5.64. The zero-order valence-corrected chi connectivity index (χ0v) is 19.8. The Morgan fingerprint density at radius 2 is 1.78 bits per heavy atom. The van der Waals surface area contributed by atoms with Gasteiger partial charge in [-0.3, -0.25) is 4.99 Å². The number of rotatable bonds is 6. The van der Waals surface area contributed by atoms with Crippen molar-refractivity contribution in [2.75, 3.05) is 32.9 Å². The lowest BCUT2D eigenvalue weighted by molar-refractivity contribution is 0.0530. The molecule has 1 aromatic rings. The molecule has 154 valence electrons. The Balaban J connectivity index is 0.00000364. The van der Waals surface area contributed by atoms with E-state index in [0.717, 1.165) is 50.9 Å². The molecule has 0 radical (unpaired) electrons. The van der Waals surface area contributed by atoms with Gasteiger partial charge in [-0.1, -0.05) is 12.1 Å². The van der Waals surface area contributed by atoms with E-state index in [1.54, 1.807) is 0 Å². The zero-order valence-electron chi connectivity index (χ0n) is 17.4. The Morgan fingerprint density at radius 1 is 1.15 bits per heavy atom. The third-order valence-corrected chi connectivity index (χ3v) is 4.61. The van der Waals surface area contributed by atoms with Crippen molar-refractivity contribution in [2.45, 2.75) is 58.4 Å². The van der Waals surface area contributed by atoms with E-state index in [0.29, 0.717) is 6.61 Å². The van der Waals surface area contributed by atoms with Gasteiger partial charge in [0.1, 0.15) is 5.75 Å². The molecule has 0 saturated carbocycles. The lowest BCUT2D eigenvalue weighted by atomic mass is 9.74. The number of nitrogens with one attached hydrogen (secondary N) is 2. The first-order chi connectivity index (χ1) is 12.4. The Bertz CT molecular complexity index is 576. The zero-order chi connectivity index (χ0) is 19.0. The third kappa shape index (κ3) is 7.49. The Hall–Kier alpha value is -1.02. The number of aliphatic imine (C=N–C) groups is 1. The van der Waals surface area contributed by atoms with Crippen LogP contribution < -0.4 is 15.4 Å². The number of benzene rings is 1. The molecule has 1 aliphatic rings. The fourth-order valence-corrected chi connectivity index (χ4v) is 3.26. The number of ether oxygens (including phenoxy) is 2. The van der Waals surface area contributed by atoms with Gasteiger partial charge in [0.25, 0.3) is 0 Å². The Morgan fingerprint density at radius 3 is 2.30 bits per heavy atom. The number of hydrogen-bond donors (Lipinski definition) is 2. The largest absolute Gasteiger partial charge is 0.494 e. The molecule has 1 saturated heterocycles. The SMILES string of the molecule is CCNC(=NCC1(c2ccc(OCC)cc2)CCOCC1)NC(C)(C)C.I. The second kappa shape index (κ2) is 11.1. The van der Waals surface area contributed by atoms with Gasteiger partial charge in [-0.15, -0.1) is 24.0 Å². The first-order valence-electron chi connectivity index (χ1n) is 9.76. The first-order valence-corrected chi connectivity index (χ1v) is 9.76. The normalized spacial score (nSPS) is 17.0. The van der Waals surface area contributed by atoms with Crippen LogP contribution >= 0.6 is 24.0 Å². The molecule has 5 nitrogen and oxygen atoms in total. The molecular weight excluding hydrogens is 453 g/mol. The molecule has 0 atom stereocenters. The van der Waals surface area contributed by atoms with E-state index in [1.807, 2.05) is 6.92 Å². The fraction of sp³-hybridized carbons (Fsp3) is 0.667. The summed E-state index contributed by atoms with van der Waals surface area (Å²) in [7, 11) is 0. The second-order valence-electron chi connectivity index (χ2n) is 7.92. The Kier molecular flexibility index (Phi) is 9.87. The molecule has 6 heteroatoms. The molecule has 1 aliphatic heterocycles. The molecular formula is C21H36IN3O2. The molecule has 2 rings (SSSR count). The van der Waals surface area contributed by atoms with E-state index >= 15 is 0 Å². The van der Waals surface area contributed by atoms with Gasteiger partial charge in [-0.25, -0.2) is 0 Å². The smallest absolute Gasteiger partial charge is 0.191 e. The Labute approximate surface area is 181 Å². The quantitative estimate of drug-likeness (QED) is 0.359. The van der Waals surface area contributed by atoms with Crippen molar-refractivity contribution in [3.8, 4) is 5.75 Å². The molecule has 2 N–H and O–H groups in total. The van der Waals surface area contributed by atoms with Gasteiger partial charge in [0.15, 0.2) is 5.96 Å². The van der Waals surface area contributed by atoms with Gasteiger partial charge in [-0.2, -0.15) is 0 Å². The topological polar surface area (TPSA) is 54.9 Å². The summed E-state index contributed by atoms with van der Waals surface area (Å²) in [5.74, 6) is 1.79. The first kappa shape index (κ1) is 24.0. The summed E-state index contributed by atoms with van der Waals surface area (Å²) in [4.78, 5) is 4.94. The van der Waals surface area contributed by atoms with E-state index < -0.39 is 0 Å². The van der Waals surface area contributed by atoms with E-state index in [1.165, 1.54) is 5.56 Å². The van der Waals surface area contributed by atoms with Gasteiger partial charge < -0.3 is 20.1 Å². The molecule has 1 fully saturated rings. The van der Waals surface area contributed by atoms with Crippen LogP contribution in [-0.4, -0.2) is 44.4 Å². The van der Waals surface area contributed by atoms with Crippen molar-refractivity contribution in [3.05, 3.63) is 29.8 Å². The summed E-state index contributed by atoms with van der Waals surface area (Å²) in [6.45, 7) is 14.4. The van der Waals surface area contributed by atoms with Gasteiger partial charge in [0.05, 0.1) is 13.2 Å². The van der Waals surface area contributed by atoms with Crippen molar-refractivity contribution >= 4 is 29.9 Å². The predicted molar refractivity (Wildman–Crippen MR) is 124 cm³/mol. The highest BCUT2D eigenvalue weighted by Gasteiger charge is 2.34. The van der Waals surface area contributed by atoms with Crippen molar-refractivity contribution in [2.24, 2.45) is 4.99 Å². The molecule has 0 aromatic heterocycles. The molecule has 27 heavy (non-hydrogen) atoms. The maximum atomic E-state index is 5.64. The summed E-state index contributed by atoms with van der Waals surface area (Å²) >= 11 is 0. The number of hydrogen-bond acceptors (Lipinski definition) is 3. The van der Waals surface area contributed by atoms with Crippen molar-refractivity contribution in [1.82, 2.24) is 10.6 Å². The lowest BCUT2D eigenvalue weighted by Gasteiger charge is -2.37. The van der Waals surface area contributed by atoms with Gasteiger partial charge >= 0.3 is 0 Å². The van der Waals surface area contributed by atoms with Gasteiger partial charge in [0.2, 0.25) is 0 Å². The minimum atomic E-state index is -0.0248. The second-order valence-corrected chi connectivity index (χ2v) is 7.92. The van der Waals surface area contributed by atoms with Crippen LogP contribution in [0.4, 0.5) is 0 Å². The predicted octanol–water partition coefficient (Wildman–Crippen LogP) is 4.11. The minimum absolute atomic E-state index is 0. The number of halogens is 1. The summed E-state index contributed by atoms with van der Waals surface area (Å²) in [5.41, 5.74) is 1.31. The van der Waals surface area contributed by atoms with Crippen LogP contribution in [0, 0.1) is 0 Å². The van der Waals surface area contributed by atoms with Crippen LogP contribution in [0.15, 0.2) is 29.3 Å². The third-order valence-electron chi connectivity index (χ3n) is 4.61. The average Bonchev–Trinajstić information content (AvgIpc) is 2.60. The summed E-state index contributed by atoms with van der Waals surface area (Å²) in [6.07, 6.45) is 1.97. The highest BCUT2D eigenvalue weighted by molar-refractivity contribution is 14.0.